The fourth-order valence-electron chi connectivity index (χ4n) is 1.81. The van der Waals surface area contributed by atoms with Gasteiger partial charge in [-0.25, -0.2) is 9.59 Å². The number of hydrogen-bond acceptors (Lipinski definition) is 4. The van der Waals surface area contributed by atoms with Gasteiger partial charge in [-0.2, -0.15) is 0 Å². The van der Waals surface area contributed by atoms with E-state index in [4.69, 9.17) is 13.6 Å². The van der Waals surface area contributed by atoms with E-state index in [9.17, 15) is 14.7 Å². The molecule has 6 nitrogen and oxygen atoms in total. The molecular weight excluding hydrogens is 238 g/mol. The van der Waals surface area contributed by atoms with Crippen LogP contribution in [0.5, 0.6) is 0 Å². The van der Waals surface area contributed by atoms with Crippen molar-refractivity contribution in [3.63, 3.8) is 0 Å². The molecular formula is C12H21NO5. The van der Waals surface area contributed by atoms with Crippen LogP contribution >= 0.6 is 0 Å². The van der Waals surface area contributed by atoms with Gasteiger partial charge in [0.1, 0.15) is 11.6 Å². The van der Waals surface area contributed by atoms with E-state index in [-0.39, 0.29) is 19.4 Å². The maximum absolute atomic E-state index is 12.0. The van der Waals surface area contributed by atoms with Crippen LogP contribution in [-0.2, 0) is 14.3 Å². The maximum Gasteiger partial charge on any atom is 0.411 e. The lowest BCUT2D eigenvalue weighted by atomic mass is 10.00. The summed E-state index contributed by atoms with van der Waals surface area (Å²) in [6.07, 6.45) is -1.27. The molecule has 0 radical (unpaired) electrons. The summed E-state index contributed by atoms with van der Waals surface area (Å²) < 4.78 is 31.2. The molecule has 1 heterocycles. The van der Waals surface area contributed by atoms with Gasteiger partial charge in [0.05, 0.1) is 10.2 Å². The maximum atomic E-state index is 12.0. The largest absolute Gasteiger partial charge is 0.480 e. The van der Waals surface area contributed by atoms with Gasteiger partial charge in [-0.1, -0.05) is 0 Å². The highest BCUT2D eigenvalue weighted by molar-refractivity contribution is 5.80. The first kappa shape index (κ1) is 10.6. The van der Waals surface area contributed by atoms with Crippen LogP contribution in [0.25, 0.3) is 0 Å². The summed E-state index contributed by atoms with van der Waals surface area (Å²) >= 11 is 0. The van der Waals surface area contributed by atoms with E-state index in [2.05, 4.69) is 0 Å². The molecule has 0 aromatic rings. The van der Waals surface area contributed by atoms with Gasteiger partial charge in [0.15, 0.2) is 0 Å². The molecule has 1 aliphatic rings. The summed E-state index contributed by atoms with van der Waals surface area (Å²) in [6, 6.07) is -1.15. The second-order valence-electron chi connectivity index (χ2n) is 5.29. The van der Waals surface area contributed by atoms with E-state index >= 15 is 0 Å². The van der Waals surface area contributed by atoms with Gasteiger partial charge in [0.2, 0.25) is 0 Å². The van der Waals surface area contributed by atoms with Gasteiger partial charge in [-0.3, -0.25) is 4.90 Å². The third-order valence-electron chi connectivity index (χ3n) is 2.63. The lowest BCUT2D eigenvalue weighted by Crippen LogP contribution is -2.52. The summed E-state index contributed by atoms with van der Waals surface area (Å²) in [4.78, 5) is 24.4. The quantitative estimate of drug-likeness (QED) is 0.815. The summed E-state index contributed by atoms with van der Waals surface area (Å²) in [5.74, 6) is -1.21. The number of hydrogen-bond donors (Lipinski definition) is 1. The Hall–Kier alpha value is -1.30. The first-order valence-corrected chi connectivity index (χ1v) is 5.79. The molecule has 18 heavy (non-hydrogen) atoms. The Morgan fingerprint density at radius 2 is 2.11 bits per heavy atom. The molecule has 2 atom stereocenters. The minimum atomic E-state index is -2.58. The van der Waals surface area contributed by atoms with E-state index in [1.54, 1.807) is 20.8 Å². The SMILES string of the molecule is [2H]C([2H])([2H])OC1CCN(C(=O)OC(C)(C)C)C(C(=O)O)C1. The molecule has 0 saturated carbocycles. The van der Waals surface area contributed by atoms with Crippen molar-refractivity contribution in [3.8, 4) is 0 Å². The van der Waals surface area contributed by atoms with E-state index in [0.29, 0.717) is 0 Å². The van der Waals surface area contributed by atoms with Crippen LogP contribution in [0.3, 0.4) is 0 Å². The second-order valence-corrected chi connectivity index (χ2v) is 5.29. The predicted molar refractivity (Wildman–Crippen MR) is 64.4 cm³/mol. The average molecular weight is 262 g/mol. The molecule has 1 rings (SSSR count). The average Bonchev–Trinajstić information content (AvgIpc) is 2.23. The normalized spacial score (nSPS) is 27.9. The summed E-state index contributed by atoms with van der Waals surface area (Å²) in [6.45, 7) is 5.13. The van der Waals surface area contributed by atoms with E-state index in [1.165, 1.54) is 0 Å². The molecule has 1 amide bonds. The van der Waals surface area contributed by atoms with Crippen molar-refractivity contribution < 1.29 is 28.3 Å². The highest BCUT2D eigenvalue weighted by Gasteiger charge is 2.38. The monoisotopic (exact) mass is 262 g/mol. The van der Waals surface area contributed by atoms with Crippen molar-refractivity contribution in [1.29, 1.82) is 0 Å². The minimum absolute atomic E-state index is 0.0760. The van der Waals surface area contributed by atoms with E-state index in [0.717, 1.165) is 4.90 Å². The molecule has 1 aliphatic heterocycles. The van der Waals surface area contributed by atoms with Gasteiger partial charge in [-0.05, 0) is 27.2 Å². The number of rotatable bonds is 2. The Balaban J connectivity index is 2.76. The van der Waals surface area contributed by atoms with Crippen LogP contribution in [0.15, 0.2) is 0 Å². The Morgan fingerprint density at radius 3 is 2.61 bits per heavy atom. The first-order valence-electron chi connectivity index (χ1n) is 7.29. The van der Waals surface area contributed by atoms with E-state index < -0.39 is 36.8 Å². The minimum Gasteiger partial charge on any atom is -0.480 e. The van der Waals surface area contributed by atoms with Crippen molar-refractivity contribution in [1.82, 2.24) is 4.90 Å². The van der Waals surface area contributed by atoms with Crippen LogP contribution in [0.1, 0.15) is 37.7 Å². The summed E-state index contributed by atoms with van der Waals surface area (Å²) in [5.41, 5.74) is -0.730. The molecule has 104 valence electrons. The lowest BCUT2D eigenvalue weighted by molar-refractivity contribution is -0.146. The molecule has 6 heteroatoms. The van der Waals surface area contributed by atoms with Crippen molar-refractivity contribution in [3.05, 3.63) is 0 Å². The number of carboxylic acids is 1. The fraction of sp³-hybridized carbons (Fsp3) is 0.833. The number of likely N-dealkylation sites (tertiary alicyclic amines) is 1. The third-order valence-corrected chi connectivity index (χ3v) is 2.63. The molecule has 0 bridgehead atoms. The smallest absolute Gasteiger partial charge is 0.411 e. The topological polar surface area (TPSA) is 76.1 Å². The van der Waals surface area contributed by atoms with Crippen molar-refractivity contribution in [2.24, 2.45) is 0 Å². The van der Waals surface area contributed by atoms with Gasteiger partial charge < -0.3 is 14.6 Å². The lowest BCUT2D eigenvalue weighted by Gasteiger charge is -2.37. The molecule has 0 aromatic heterocycles. The highest BCUT2D eigenvalue weighted by atomic mass is 16.6. The number of nitrogens with zero attached hydrogens (tertiary/aromatic N) is 1. The van der Waals surface area contributed by atoms with Crippen LogP contribution in [-0.4, -0.2) is 53.4 Å². The molecule has 1 N–H and O–H groups in total. The molecule has 0 spiro atoms. The van der Waals surface area contributed by atoms with Crippen LogP contribution in [0.4, 0.5) is 4.79 Å². The van der Waals surface area contributed by atoms with Crippen LogP contribution < -0.4 is 0 Å². The third kappa shape index (κ3) is 3.87. The number of carboxylic acid groups (broad SMARTS) is 1. The Bertz CT molecular complexity index is 405. The number of carbonyl (C=O) groups excluding carboxylic acids is 1. The Morgan fingerprint density at radius 1 is 1.44 bits per heavy atom. The fourth-order valence-corrected chi connectivity index (χ4v) is 1.81. The Labute approximate surface area is 111 Å². The van der Waals surface area contributed by atoms with Gasteiger partial charge in [0, 0.05) is 20.0 Å². The van der Waals surface area contributed by atoms with Crippen LogP contribution in [0, 0.1) is 0 Å². The van der Waals surface area contributed by atoms with E-state index in [1.807, 2.05) is 0 Å². The van der Waals surface area contributed by atoms with Crippen molar-refractivity contribution >= 4 is 12.1 Å². The number of methoxy groups -OCH3 is 1. The predicted octanol–water partition coefficient (Wildman–Crippen LogP) is 1.49. The summed E-state index contributed by atoms with van der Waals surface area (Å²) in [5, 5.41) is 9.23. The Kier molecular flexibility index (Phi) is 3.28. The number of ether oxygens (including phenoxy) is 2. The van der Waals surface area contributed by atoms with Gasteiger partial charge in [0.25, 0.3) is 0 Å². The van der Waals surface area contributed by atoms with Crippen LogP contribution in [0.2, 0.25) is 0 Å². The zero-order valence-corrected chi connectivity index (χ0v) is 10.8. The van der Waals surface area contributed by atoms with Gasteiger partial charge >= 0.3 is 12.1 Å². The number of amides is 1. The van der Waals surface area contributed by atoms with Crippen molar-refractivity contribution in [2.75, 3.05) is 13.6 Å². The summed E-state index contributed by atoms with van der Waals surface area (Å²) in [7, 11) is -2.58. The zero-order chi connectivity index (χ0) is 16.4. The van der Waals surface area contributed by atoms with Gasteiger partial charge in [-0.15, -0.1) is 0 Å². The molecule has 0 aliphatic carbocycles. The standard InChI is InChI=1S/C12H21NO5/c1-12(2,3)18-11(16)13-6-5-8(17-4)7-9(13)10(14)15/h8-9H,5-7H2,1-4H3,(H,14,15)/i4D3. The number of piperidine rings is 1. The number of aliphatic carboxylic acids is 1. The van der Waals surface area contributed by atoms with Crippen molar-refractivity contribution in [2.45, 2.75) is 51.4 Å². The molecule has 1 saturated heterocycles. The zero-order valence-electron chi connectivity index (χ0n) is 13.8. The first-order chi connectivity index (χ1) is 9.39. The number of carbonyl (C=O) groups is 2. The molecule has 2 unspecified atom stereocenters. The molecule has 1 fully saturated rings. The molecule has 0 aromatic carbocycles. The second kappa shape index (κ2) is 5.56. The highest BCUT2D eigenvalue weighted by Crippen LogP contribution is 2.22.